The number of benzene rings is 1. The lowest BCUT2D eigenvalue weighted by Gasteiger charge is -2.37. The molecule has 1 aromatic rings. The highest BCUT2D eigenvalue weighted by Crippen LogP contribution is 2.34. The number of ether oxygens (including phenoxy) is 1. The van der Waals surface area contributed by atoms with Crippen molar-refractivity contribution >= 4 is 22.1 Å². The topological polar surface area (TPSA) is 102 Å². The minimum atomic E-state index is -5.76. The Hall–Kier alpha value is -2.50. The average Bonchev–Trinajstić information content (AvgIpc) is 2.71. The molecule has 2 atom stereocenters. The fourth-order valence-electron chi connectivity index (χ4n) is 4.41. The number of amides is 2. The first-order valence-electron chi connectivity index (χ1n) is 11.6. The molecule has 2 aliphatic rings. The summed E-state index contributed by atoms with van der Waals surface area (Å²) in [6, 6.07) is 3.23. The number of piperidine rings is 1. The van der Waals surface area contributed by atoms with E-state index in [2.05, 4.69) is 9.50 Å². The summed E-state index contributed by atoms with van der Waals surface area (Å²) in [5.41, 5.74) is -4.85. The van der Waals surface area contributed by atoms with E-state index >= 15 is 0 Å². The maximum Gasteiger partial charge on any atom is 0.534 e. The Morgan fingerprint density at radius 1 is 1.11 bits per heavy atom. The second-order valence-electron chi connectivity index (χ2n) is 9.88. The van der Waals surface area contributed by atoms with Crippen molar-refractivity contribution in [1.29, 1.82) is 0 Å². The van der Waals surface area contributed by atoms with Crippen LogP contribution < -0.4 is 9.50 Å². The Balaban J connectivity index is 1.67. The van der Waals surface area contributed by atoms with Crippen molar-refractivity contribution in [2.24, 2.45) is 0 Å². The number of nitrogens with one attached hydrogen (secondary N) is 1. The largest absolute Gasteiger partial charge is 0.534 e. The molecule has 2 amide bonds. The van der Waals surface area contributed by atoms with Crippen LogP contribution >= 0.6 is 0 Å². The molecule has 1 N–H and O–H groups in total. The zero-order valence-electron chi connectivity index (χ0n) is 20.0. The number of fused-ring (bicyclic) bond motifs is 1. The van der Waals surface area contributed by atoms with Gasteiger partial charge in [-0.15, -0.1) is 0 Å². The third kappa shape index (κ3) is 7.02. The van der Waals surface area contributed by atoms with Crippen LogP contribution in [0.25, 0.3) is 0 Å². The van der Waals surface area contributed by atoms with E-state index in [4.69, 9.17) is 4.74 Å². The second kappa shape index (κ2) is 10.2. The molecular formula is C23H31F3N2O6S. The van der Waals surface area contributed by atoms with Crippen molar-refractivity contribution in [3.63, 3.8) is 0 Å². The molecule has 1 aromatic carbocycles. The molecule has 1 heterocycles. The molecule has 1 aliphatic heterocycles. The molecule has 0 saturated carbocycles. The van der Waals surface area contributed by atoms with E-state index in [0.29, 0.717) is 43.4 Å². The lowest BCUT2D eigenvalue weighted by molar-refractivity contribution is -0.123. The van der Waals surface area contributed by atoms with Gasteiger partial charge in [-0.05, 0) is 82.6 Å². The number of likely N-dealkylation sites (tertiary alicyclic amines) is 1. The zero-order valence-corrected chi connectivity index (χ0v) is 20.8. The Kier molecular flexibility index (Phi) is 7.93. The second-order valence-corrected chi connectivity index (χ2v) is 11.4. The normalized spacial score (nSPS) is 21.1. The Bertz CT molecular complexity index is 1050. The van der Waals surface area contributed by atoms with Crippen molar-refractivity contribution in [2.75, 3.05) is 6.54 Å². The fraction of sp³-hybridized carbons (Fsp3) is 0.652. The number of hydrogen-bond donors (Lipinski definition) is 1. The molecule has 1 fully saturated rings. The van der Waals surface area contributed by atoms with E-state index in [1.54, 1.807) is 25.7 Å². The number of carbonyl (C=O) groups excluding carboxylic acids is 2. The molecule has 2 unspecified atom stereocenters. The van der Waals surface area contributed by atoms with Crippen LogP contribution in [0.4, 0.5) is 18.0 Å². The van der Waals surface area contributed by atoms with Crippen LogP contribution in [0.3, 0.4) is 0 Å². The summed E-state index contributed by atoms with van der Waals surface area (Å²) in [7, 11) is -5.76. The number of hydrogen-bond acceptors (Lipinski definition) is 6. The van der Waals surface area contributed by atoms with Gasteiger partial charge in [0.05, 0.1) is 6.04 Å². The molecule has 12 heteroatoms. The van der Waals surface area contributed by atoms with Gasteiger partial charge in [0, 0.05) is 19.0 Å². The zero-order chi connectivity index (χ0) is 26.0. The van der Waals surface area contributed by atoms with Crippen molar-refractivity contribution in [3.05, 3.63) is 29.3 Å². The van der Waals surface area contributed by atoms with Crippen LogP contribution in [0.2, 0.25) is 0 Å². The lowest BCUT2D eigenvalue weighted by Crippen LogP contribution is -2.48. The van der Waals surface area contributed by atoms with Gasteiger partial charge in [0.2, 0.25) is 5.91 Å². The number of aryl methyl sites for hydroxylation is 1. The highest BCUT2D eigenvalue weighted by Gasteiger charge is 2.48. The van der Waals surface area contributed by atoms with Gasteiger partial charge in [-0.25, -0.2) is 4.79 Å². The summed E-state index contributed by atoms with van der Waals surface area (Å²) in [5, 5.41) is 2.97. The van der Waals surface area contributed by atoms with Gasteiger partial charge in [0.25, 0.3) is 0 Å². The molecule has 196 valence electrons. The SMILES string of the molecule is CC(C)(C)OC(=O)N1CCCCC1CC(=O)NC1CCCc2cc(OS(=O)(=O)C(F)(F)F)ccc21. The Morgan fingerprint density at radius 2 is 1.83 bits per heavy atom. The van der Waals surface area contributed by atoms with Gasteiger partial charge in [0.1, 0.15) is 11.4 Å². The van der Waals surface area contributed by atoms with Crippen LogP contribution in [-0.4, -0.2) is 49.0 Å². The van der Waals surface area contributed by atoms with Gasteiger partial charge >= 0.3 is 21.7 Å². The first-order valence-corrected chi connectivity index (χ1v) is 13.0. The molecule has 8 nitrogen and oxygen atoms in total. The van der Waals surface area contributed by atoms with E-state index in [-0.39, 0.29) is 24.4 Å². The monoisotopic (exact) mass is 520 g/mol. The van der Waals surface area contributed by atoms with Gasteiger partial charge in [0.15, 0.2) is 0 Å². The van der Waals surface area contributed by atoms with Crippen molar-refractivity contribution in [2.45, 2.75) is 88.9 Å². The minimum Gasteiger partial charge on any atom is -0.444 e. The van der Waals surface area contributed by atoms with E-state index in [1.165, 1.54) is 12.1 Å². The maximum absolute atomic E-state index is 12.9. The predicted molar refractivity (Wildman–Crippen MR) is 121 cm³/mol. The van der Waals surface area contributed by atoms with E-state index in [0.717, 1.165) is 18.9 Å². The molecule has 0 radical (unpaired) electrons. The first-order chi connectivity index (χ1) is 16.2. The predicted octanol–water partition coefficient (Wildman–Crippen LogP) is 4.59. The molecule has 0 bridgehead atoms. The number of alkyl halides is 3. The standard InChI is InChI=1S/C23H31F3N2O6S/c1-22(2,3)33-21(30)28-12-5-4-8-16(28)14-20(29)27-19-9-6-7-15-13-17(10-11-18(15)19)34-35(31,32)23(24,25)26/h10-11,13,16,19H,4-9,12,14H2,1-3H3,(H,27,29). The van der Waals surface area contributed by atoms with E-state index in [1.807, 2.05) is 0 Å². The molecule has 1 saturated heterocycles. The van der Waals surface area contributed by atoms with Crippen LogP contribution in [0.1, 0.15) is 76.5 Å². The molecular weight excluding hydrogens is 489 g/mol. The fourth-order valence-corrected chi connectivity index (χ4v) is 4.86. The number of carbonyl (C=O) groups is 2. The summed E-state index contributed by atoms with van der Waals surface area (Å²) in [6.07, 6.45) is 3.87. The number of halogens is 3. The van der Waals surface area contributed by atoms with Gasteiger partial charge < -0.3 is 19.1 Å². The summed E-state index contributed by atoms with van der Waals surface area (Å²) in [4.78, 5) is 27.1. The van der Waals surface area contributed by atoms with E-state index < -0.39 is 33.1 Å². The maximum atomic E-state index is 12.9. The third-order valence-corrected chi connectivity index (χ3v) is 6.91. The first kappa shape index (κ1) is 27.1. The van der Waals surface area contributed by atoms with Crippen LogP contribution in [0, 0.1) is 0 Å². The highest BCUT2D eigenvalue weighted by molar-refractivity contribution is 7.88. The summed E-state index contributed by atoms with van der Waals surface area (Å²) in [6.45, 7) is 5.87. The highest BCUT2D eigenvalue weighted by atomic mass is 32.2. The van der Waals surface area contributed by atoms with Gasteiger partial charge in [-0.1, -0.05) is 6.07 Å². The quantitative estimate of drug-likeness (QED) is 0.450. The number of rotatable bonds is 5. The lowest BCUT2D eigenvalue weighted by atomic mass is 9.87. The summed E-state index contributed by atoms with van der Waals surface area (Å²) < 4.78 is 70.2. The van der Waals surface area contributed by atoms with Crippen molar-refractivity contribution < 1.29 is 40.1 Å². The molecule has 35 heavy (non-hydrogen) atoms. The van der Waals surface area contributed by atoms with Gasteiger partial charge in [-0.2, -0.15) is 21.6 Å². The van der Waals surface area contributed by atoms with Crippen LogP contribution in [0.5, 0.6) is 5.75 Å². The number of nitrogens with zero attached hydrogens (tertiary/aromatic N) is 1. The van der Waals surface area contributed by atoms with Crippen molar-refractivity contribution in [3.8, 4) is 5.75 Å². The minimum absolute atomic E-state index is 0.107. The molecule has 1 aliphatic carbocycles. The molecule has 0 aromatic heterocycles. The average molecular weight is 521 g/mol. The summed E-state index contributed by atoms with van der Waals surface area (Å²) in [5.74, 6) is -0.674. The van der Waals surface area contributed by atoms with Crippen molar-refractivity contribution in [1.82, 2.24) is 10.2 Å². The smallest absolute Gasteiger partial charge is 0.444 e. The van der Waals surface area contributed by atoms with Crippen LogP contribution in [-0.2, 0) is 26.1 Å². The Labute approximate surface area is 203 Å². The molecule has 3 rings (SSSR count). The van der Waals surface area contributed by atoms with Gasteiger partial charge in [-0.3, -0.25) is 4.79 Å². The molecule has 0 spiro atoms. The summed E-state index contributed by atoms with van der Waals surface area (Å²) >= 11 is 0. The Morgan fingerprint density at radius 3 is 2.49 bits per heavy atom. The third-order valence-electron chi connectivity index (χ3n) is 5.93. The van der Waals surface area contributed by atoms with Crippen LogP contribution in [0.15, 0.2) is 18.2 Å². The van der Waals surface area contributed by atoms with E-state index in [9.17, 15) is 31.2 Å².